The fraction of sp³-hybridized carbons (Fsp3) is 0.185. The van der Waals surface area contributed by atoms with Gasteiger partial charge in [0.25, 0.3) is 0 Å². The van der Waals surface area contributed by atoms with Gasteiger partial charge in [-0.15, -0.1) is 11.8 Å². The van der Waals surface area contributed by atoms with Gasteiger partial charge in [-0.05, 0) is 61.7 Å². The zero-order valence-corrected chi connectivity index (χ0v) is 19.4. The van der Waals surface area contributed by atoms with E-state index >= 15 is 0 Å². The molecule has 0 spiro atoms. The highest BCUT2D eigenvalue weighted by Gasteiger charge is 2.19. The lowest BCUT2D eigenvalue weighted by Gasteiger charge is -2.16. The van der Waals surface area contributed by atoms with Crippen molar-refractivity contribution in [3.8, 4) is 0 Å². The Morgan fingerprint density at radius 1 is 0.938 bits per heavy atom. The third kappa shape index (κ3) is 6.86. The molecule has 0 aliphatic rings. The molecule has 0 bridgehead atoms. The zero-order chi connectivity index (χ0) is 22.9. The number of benzene rings is 3. The lowest BCUT2D eigenvalue weighted by molar-refractivity contribution is -0.115. The molecule has 0 aromatic heterocycles. The number of hydrogen-bond acceptors (Lipinski definition) is 3. The maximum atomic E-state index is 12.9. The van der Waals surface area contributed by atoms with Crippen LogP contribution in [0.3, 0.4) is 0 Å². The average molecular weight is 445 g/mol. The van der Waals surface area contributed by atoms with E-state index in [0.29, 0.717) is 12.1 Å². The minimum absolute atomic E-state index is 0.0234. The summed E-state index contributed by atoms with van der Waals surface area (Å²) >= 11 is 1.50. The topological polar surface area (TPSA) is 58.2 Å². The van der Waals surface area contributed by atoms with E-state index in [4.69, 9.17) is 0 Å². The second-order valence-corrected chi connectivity index (χ2v) is 8.86. The first-order valence-electron chi connectivity index (χ1n) is 10.6. The fourth-order valence-corrected chi connectivity index (χ4v) is 4.23. The summed E-state index contributed by atoms with van der Waals surface area (Å²) in [5.41, 5.74) is 4.71. The van der Waals surface area contributed by atoms with E-state index in [-0.39, 0.29) is 17.1 Å². The fourth-order valence-electron chi connectivity index (χ4n) is 3.22. The Morgan fingerprint density at radius 3 is 2.44 bits per heavy atom. The van der Waals surface area contributed by atoms with Crippen LogP contribution in [0.15, 0.2) is 83.8 Å². The summed E-state index contributed by atoms with van der Waals surface area (Å²) < 4.78 is 0. The molecule has 5 heteroatoms. The van der Waals surface area contributed by atoms with E-state index in [0.717, 1.165) is 21.7 Å². The van der Waals surface area contributed by atoms with Crippen molar-refractivity contribution in [2.75, 3.05) is 10.6 Å². The van der Waals surface area contributed by atoms with Gasteiger partial charge in [0.1, 0.15) is 0 Å². The highest BCUT2D eigenvalue weighted by atomic mass is 32.2. The lowest BCUT2D eigenvalue weighted by atomic mass is 10.1. The van der Waals surface area contributed by atoms with Gasteiger partial charge in [-0.1, -0.05) is 61.0 Å². The van der Waals surface area contributed by atoms with E-state index in [1.807, 2.05) is 87.5 Å². The smallest absolute Gasteiger partial charge is 0.248 e. The molecule has 2 amide bonds. The standard InChI is InChI=1S/C27H28N2O2S/c1-4-25(27(31)29-24-15-13-19(2)17-20(24)3)32-23-12-8-11-22(18-23)28-26(30)16-14-21-9-6-5-7-10-21/h5-18,25H,4H2,1-3H3,(H,28,30)(H,29,31)/b16-14+. The zero-order valence-electron chi connectivity index (χ0n) is 18.6. The van der Waals surface area contributed by atoms with Crippen molar-refractivity contribution in [3.63, 3.8) is 0 Å². The number of nitrogens with one attached hydrogen (secondary N) is 2. The first kappa shape index (κ1) is 23.4. The van der Waals surface area contributed by atoms with Gasteiger partial charge in [0.05, 0.1) is 5.25 Å². The Morgan fingerprint density at radius 2 is 1.72 bits per heavy atom. The molecule has 32 heavy (non-hydrogen) atoms. The number of aryl methyl sites for hydroxylation is 2. The second-order valence-electron chi connectivity index (χ2n) is 7.58. The summed E-state index contributed by atoms with van der Waals surface area (Å²) in [5.74, 6) is -0.222. The first-order valence-corrected chi connectivity index (χ1v) is 11.5. The van der Waals surface area contributed by atoms with Crippen molar-refractivity contribution in [1.29, 1.82) is 0 Å². The van der Waals surface area contributed by atoms with E-state index in [9.17, 15) is 9.59 Å². The number of amides is 2. The number of carbonyl (C=O) groups excluding carboxylic acids is 2. The van der Waals surface area contributed by atoms with Crippen LogP contribution in [0.1, 0.15) is 30.0 Å². The molecule has 4 nitrogen and oxygen atoms in total. The van der Waals surface area contributed by atoms with Gasteiger partial charge in [-0.2, -0.15) is 0 Å². The Labute approximate surface area is 194 Å². The summed E-state index contributed by atoms with van der Waals surface area (Å²) in [6.45, 7) is 6.03. The van der Waals surface area contributed by atoms with Crippen LogP contribution < -0.4 is 10.6 Å². The van der Waals surface area contributed by atoms with Crippen molar-refractivity contribution >= 4 is 41.0 Å². The summed E-state index contributed by atoms with van der Waals surface area (Å²) in [6, 6.07) is 23.2. The van der Waals surface area contributed by atoms with Crippen LogP contribution in [-0.4, -0.2) is 17.1 Å². The third-order valence-corrected chi connectivity index (χ3v) is 6.27. The third-order valence-electron chi connectivity index (χ3n) is 4.91. The summed E-state index contributed by atoms with van der Waals surface area (Å²) in [5, 5.41) is 5.70. The number of carbonyl (C=O) groups is 2. The molecule has 0 aliphatic heterocycles. The molecular formula is C27H28N2O2S. The van der Waals surface area contributed by atoms with Crippen molar-refractivity contribution < 1.29 is 9.59 Å². The van der Waals surface area contributed by atoms with Crippen LogP contribution in [0, 0.1) is 13.8 Å². The first-order chi connectivity index (χ1) is 15.4. The highest BCUT2D eigenvalue weighted by molar-refractivity contribution is 8.00. The predicted molar refractivity (Wildman–Crippen MR) is 135 cm³/mol. The van der Waals surface area contributed by atoms with Gasteiger partial charge in [-0.3, -0.25) is 9.59 Å². The molecule has 0 radical (unpaired) electrons. The molecule has 164 valence electrons. The van der Waals surface area contributed by atoms with Crippen LogP contribution in [0.5, 0.6) is 0 Å². The summed E-state index contributed by atoms with van der Waals surface area (Å²) in [7, 11) is 0. The Hall–Kier alpha value is -3.31. The average Bonchev–Trinajstić information content (AvgIpc) is 2.79. The van der Waals surface area contributed by atoms with E-state index in [1.165, 1.54) is 23.4 Å². The largest absolute Gasteiger partial charge is 0.325 e. The quantitative estimate of drug-likeness (QED) is 0.309. The number of anilines is 2. The Kier molecular flexibility index (Phi) is 8.28. The van der Waals surface area contributed by atoms with Gasteiger partial charge in [-0.25, -0.2) is 0 Å². The minimum atomic E-state index is -0.236. The van der Waals surface area contributed by atoms with Crippen molar-refractivity contribution in [3.05, 3.63) is 95.6 Å². The van der Waals surface area contributed by atoms with Crippen molar-refractivity contribution in [2.45, 2.75) is 37.3 Å². The summed E-state index contributed by atoms with van der Waals surface area (Å²) in [6.07, 6.45) is 3.98. The number of thioether (sulfide) groups is 1. The van der Waals surface area contributed by atoms with Gasteiger partial charge < -0.3 is 10.6 Å². The molecule has 1 unspecified atom stereocenters. The van der Waals surface area contributed by atoms with Crippen LogP contribution in [-0.2, 0) is 9.59 Å². The molecule has 2 N–H and O–H groups in total. The minimum Gasteiger partial charge on any atom is -0.325 e. The highest BCUT2D eigenvalue weighted by Crippen LogP contribution is 2.29. The predicted octanol–water partition coefficient (Wildman–Crippen LogP) is 6.46. The number of rotatable bonds is 8. The van der Waals surface area contributed by atoms with E-state index in [2.05, 4.69) is 16.7 Å². The van der Waals surface area contributed by atoms with Crippen LogP contribution in [0.2, 0.25) is 0 Å². The summed E-state index contributed by atoms with van der Waals surface area (Å²) in [4.78, 5) is 26.1. The van der Waals surface area contributed by atoms with E-state index in [1.54, 1.807) is 6.08 Å². The lowest BCUT2D eigenvalue weighted by Crippen LogP contribution is -2.25. The molecule has 0 saturated heterocycles. The van der Waals surface area contributed by atoms with Crippen LogP contribution in [0.25, 0.3) is 6.08 Å². The monoisotopic (exact) mass is 444 g/mol. The van der Waals surface area contributed by atoms with Crippen molar-refractivity contribution in [1.82, 2.24) is 0 Å². The molecule has 0 fully saturated rings. The molecule has 0 saturated carbocycles. The van der Waals surface area contributed by atoms with Crippen LogP contribution in [0.4, 0.5) is 11.4 Å². The van der Waals surface area contributed by atoms with Crippen molar-refractivity contribution in [2.24, 2.45) is 0 Å². The molecular weight excluding hydrogens is 416 g/mol. The van der Waals surface area contributed by atoms with Crippen LogP contribution >= 0.6 is 11.8 Å². The molecule has 0 aliphatic carbocycles. The molecule has 1 atom stereocenters. The van der Waals surface area contributed by atoms with Gasteiger partial charge >= 0.3 is 0 Å². The Balaban J connectivity index is 1.62. The van der Waals surface area contributed by atoms with Gasteiger partial charge in [0.2, 0.25) is 11.8 Å². The normalized spacial score (nSPS) is 11.8. The maximum Gasteiger partial charge on any atom is 0.248 e. The van der Waals surface area contributed by atoms with E-state index < -0.39 is 0 Å². The second kappa shape index (κ2) is 11.3. The SMILES string of the molecule is CCC(Sc1cccc(NC(=O)/C=C/c2ccccc2)c1)C(=O)Nc1ccc(C)cc1C. The molecule has 0 heterocycles. The number of hydrogen-bond donors (Lipinski definition) is 2. The van der Waals surface area contributed by atoms with Gasteiger partial charge in [0, 0.05) is 22.3 Å². The molecule has 3 aromatic rings. The molecule has 3 rings (SSSR count). The molecule has 3 aromatic carbocycles. The maximum absolute atomic E-state index is 12.9. The Bertz CT molecular complexity index is 1110. The van der Waals surface area contributed by atoms with Gasteiger partial charge in [0.15, 0.2) is 0 Å².